The Hall–Kier alpha value is -2.46. The molecular weight excluding hydrogens is 458 g/mol. The van der Waals surface area contributed by atoms with Gasteiger partial charge in [0.1, 0.15) is 0 Å². The van der Waals surface area contributed by atoms with Crippen LogP contribution in [0.25, 0.3) is 0 Å². The van der Waals surface area contributed by atoms with Gasteiger partial charge in [-0.2, -0.15) is 0 Å². The first-order chi connectivity index (χ1) is 16.2. The molecule has 0 radical (unpaired) electrons. The van der Waals surface area contributed by atoms with Gasteiger partial charge in [0.15, 0.2) is 9.84 Å². The van der Waals surface area contributed by atoms with Crippen molar-refractivity contribution in [1.29, 1.82) is 0 Å². The first-order valence-corrected chi connectivity index (χ1v) is 13.7. The molecule has 2 heterocycles. The van der Waals surface area contributed by atoms with Crippen LogP contribution in [-0.4, -0.2) is 74.2 Å². The second-order valence-corrected chi connectivity index (χ2v) is 11.3. The van der Waals surface area contributed by atoms with Gasteiger partial charge >= 0.3 is 5.97 Å². The zero-order valence-electron chi connectivity index (χ0n) is 19.4. The third-order valence-electron chi connectivity index (χ3n) is 6.66. The van der Waals surface area contributed by atoms with Gasteiger partial charge in [-0.3, -0.25) is 14.4 Å². The van der Waals surface area contributed by atoms with Crippen molar-refractivity contribution < 1.29 is 27.9 Å². The summed E-state index contributed by atoms with van der Waals surface area (Å²) < 4.78 is 25.4. The van der Waals surface area contributed by atoms with Crippen LogP contribution in [0, 0.1) is 11.8 Å². The quantitative estimate of drug-likeness (QED) is 0.449. The van der Waals surface area contributed by atoms with Gasteiger partial charge in [-0.05, 0) is 63.2 Å². The fourth-order valence-corrected chi connectivity index (χ4v) is 6.24. The standard InChI is InChI=1S/C24H35N3O6S/c28-22(9-8-18-10-12-25-13-11-18)27-14-4-5-19(16-27)24(31)26-20(15-23(29)30)17-34(32,33)21-6-2-1-3-7-21/h1-3,6-7,18-20,25H,4-5,8-17H2,(H,26,31)(H,29,30)/t19-,20?/m1/s1. The number of carbonyl (C=O) groups is 3. The molecule has 2 saturated heterocycles. The maximum absolute atomic E-state index is 12.9. The van der Waals surface area contributed by atoms with Gasteiger partial charge in [-0.1, -0.05) is 18.2 Å². The molecule has 0 aliphatic carbocycles. The summed E-state index contributed by atoms with van der Waals surface area (Å²) in [6.07, 6.45) is 4.24. The lowest BCUT2D eigenvalue weighted by Gasteiger charge is -2.33. The predicted octanol–water partition coefficient (Wildman–Crippen LogP) is 1.44. The molecule has 2 aliphatic rings. The number of aliphatic carboxylic acids is 1. The molecule has 10 heteroatoms. The minimum atomic E-state index is -3.77. The van der Waals surface area contributed by atoms with E-state index in [1.165, 1.54) is 12.1 Å². The number of amides is 2. The molecule has 0 spiro atoms. The zero-order chi connectivity index (χ0) is 24.6. The molecule has 3 N–H and O–H groups in total. The molecule has 2 atom stereocenters. The number of nitrogens with one attached hydrogen (secondary N) is 2. The van der Waals surface area contributed by atoms with Crippen molar-refractivity contribution in [3.05, 3.63) is 30.3 Å². The van der Waals surface area contributed by atoms with Gasteiger partial charge in [0.2, 0.25) is 11.8 Å². The molecule has 1 aromatic rings. The number of benzene rings is 1. The highest BCUT2D eigenvalue weighted by molar-refractivity contribution is 7.91. The van der Waals surface area contributed by atoms with E-state index in [9.17, 15) is 27.9 Å². The first kappa shape index (κ1) is 26.2. The number of hydrogen-bond acceptors (Lipinski definition) is 6. The summed E-state index contributed by atoms with van der Waals surface area (Å²) >= 11 is 0. The lowest BCUT2D eigenvalue weighted by molar-refractivity contribution is -0.137. The van der Waals surface area contributed by atoms with E-state index in [1.54, 1.807) is 23.1 Å². The van der Waals surface area contributed by atoms with Crippen LogP contribution >= 0.6 is 0 Å². The van der Waals surface area contributed by atoms with E-state index in [0.717, 1.165) is 32.4 Å². The molecule has 0 bridgehead atoms. The van der Waals surface area contributed by atoms with Crippen LogP contribution in [0.4, 0.5) is 0 Å². The van der Waals surface area contributed by atoms with E-state index in [1.807, 2.05) is 0 Å². The summed E-state index contributed by atoms with van der Waals surface area (Å²) in [7, 11) is -3.77. The van der Waals surface area contributed by atoms with Crippen molar-refractivity contribution in [3.8, 4) is 0 Å². The van der Waals surface area contributed by atoms with Gasteiger partial charge in [0, 0.05) is 19.5 Å². The Morgan fingerprint density at radius 2 is 1.82 bits per heavy atom. The maximum Gasteiger partial charge on any atom is 0.305 e. The summed E-state index contributed by atoms with van der Waals surface area (Å²) in [5.41, 5.74) is 0. The van der Waals surface area contributed by atoms with Crippen LogP contribution in [0.1, 0.15) is 44.9 Å². The third kappa shape index (κ3) is 7.80. The molecule has 0 aromatic heterocycles. The number of carbonyl (C=O) groups excluding carboxylic acids is 2. The van der Waals surface area contributed by atoms with E-state index in [0.29, 0.717) is 31.7 Å². The number of carboxylic acid groups (broad SMARTS) is 1. The van der Waals surface area contributed by atoms with Gasteiger partial charge < -0.3 is 20.6 Å². The molecule has 3 rings (SSSR count). The molecule has 9 nitrogen and oxygen atoms in total. The highest BCUT2D eigenvalue weighted by atomic mass is 32.2. The topological polar surface area (TPSA) is 133 Å². The van der Waals surface area contributed by atoms with Crippen molar-refractivity contribution in [2.45, 2.75) is 55.9 Å². The number of piperidine rings is 2. The Morgan fingerprint density at radius 1 is 1.12 bits per heavy atom. The molecule has 0 saturated carbocycles. The number of sulfone groups is 1. The summed E-state index contributed by atoms with van der Waals surface area (Å²) in [5, 5.41) is 15.2. The number of nitrogens with zero attached hydrogens (tertiary/aromatic N) is 1. The van der Waals surface area contributed by atoms with E-state index >= 15 is 0 Å². The van der Waals surface area contributed by atoms with Crippen molar-refractivity contribution >= 4 is 27.6 Å². The summed E-state index contributed by atoms with van der Waals surface area (Å²) in [6.45, 7) is 2.86. The van der Waals surface area contributed by atoms with E-state index in [4.69, 9.17) is 0 Å². The monoisotopic (exact) mass is 493 g/mol. The van der Waals surface area contributed by atoms with Gasteiger partial charge in [-0.15, -0.1) is 0 Å². The largest absolute Gasteiger partial charge is 0.481 e. The normalized spacial score (nSPS) is 20.5. The number of hydrogen-bond donors (Lipinski definition) is 3. The molecular formula is C24H35N3O6S. The lowest BCUT2D eigenvalue weighted by Crippen LogP contribution is -2.49. The number of carboxylic acids is 1. The Balaban J connectivity index is 1.56. The summed E-state index contributed by atoms with van der Waals surface area (Å²) in [5.74, 6) is -1.97. The molecule has 2 amide bonds. The second kappa shape index (κ2) is 12.3. The minimum absolute atomic E-state index is 0.0461. The SMILES string of the molecule is O=C(O)CC(CS(=O)(=O)c1ccccc1)NC(=O)[C@@H]1CCCN(C(=O)CCC2CCNCC2)C1. The maximum atomic E-state index is 12.9. The smallest absolute Gasteiger partial charge is 0.305 e. The van der Waals surface area contributed by atoms with E-state index in [-0.39, 0.29) is 17.3 Å². The van der Waals surface area contributed by atoms with Crippen molar-refractivity contribution in [2.75, 3.05) is 31.9 Å². The third-order valence-corrected chi connectivity index (χ3v) is 8.49. The zero-order valence-corrected chi connectivity index (χ0v) is 20.3. The number of likely N-dealkylation sites (tertiary alicyclic amines) is 1. The van der Waals surface area contributed by atoms with E-state index in [2.05, 4.69) is 10.6 Å². The predicted molar refractivity (Wildman–Crippen MR) is 127 cm³/mol. The Morgan fingerprint density at radius 3 is 2.50 bits per heavy atom. The molecule has 1 unspecified atom stereocenters. The minimum Gasteiger partial charge on any atom is -0.481 e. The molecule has 188 valence electrons. The highest BCUT2D eigenvalue weighted by Crippen LogP contribution is 2.22. The molecule has 2 aliphatic heterocycles. The van der Waals surface area contributed by atoms with Crippen molar-refractivity contribution in [1.82, 2.24) is 15.5 Å². The lowest BCUT2D eigenvalue weighted by atomic mass is 9.92. The van der Waals surface area contributed by atoms with Crippen LogP contribution in [0.3, 0.4) is 0 Å². The Labute approximate surface area is 201 Å². The molecule has 2 fully saturated rings. The van der Waals surface area contributed by atoms with Crippen LogP contribution in [0.2, 0.25) is 0 Å². The average molecular weight is 494 g/mol. The van der Waals surface area contributed by atoms with Gasteiger partial charge in [0.25, 0.3) is 0 Å². The summed E-state index contributed by atoms with van der Waals surface area (Å²) in [6, 6.07) is 6.72. The average Bonchev–Trinajstić information content (AvgIpc) is 2.83. The van der Waals surface area contributed by atoms with Crippen LogP contribution in [0.5, 0.6) is 0 Å². The van der Waals surface area contributed by atoms with E-state index < -0.39 is 45.8 Å². The van der Waals surface area contributed by atoms with Crippen molar-refractivity contribution in [2.24, 2.45) is 11.8 Å². The van der Waals surface area contributed by atoms with Crippen LogP contribution in [0.15, 0.2) is 35.2 Å². The van der Waals surface area contributed by atoms with Crippen molar-refractivity contribution in [3.63, 3.8) is 0 Å². The Kier molecular flexibility index (Phi) is 9.46. The Bertz CT molecular complexity index is 947. The highest BCUT2D eigenvalue weighted by Gasteiger charge is 2.32. The van der Waals surface area contributed by atoms with Crippen LogP contribution in [-0.2, 0) is 24.2 Å². The number of rotatable bonds is 10. The fraction of sp³-hybridized carbons (Fsp3) is 0.625. The first-order valence-electron chi connectivity index (χ1n) is 12.0. The molecule has 1 aromatic carbocycles. The van der Waals surface area contributed by atoms with Gasteiger partial charge in [-0.25, -0.2) is 8.42 Å². The second-order valence-electron chi connectivity index (χ2n) is 9.31. The molecule has 34 heavy (non-hydrogen) atoms. The van der Waals surface area contributed by atoms with Crippen LogP contribution < -0.4 is 10.6 Å². The van der Waals surface area contributed by atoms with Gasteiger partial charge in [0.05, 0.1) is 29.0 Å². The summed E-state index contributed by atoms with van der Waals surface area (Å²) in [4.78, 5) is 38.8. The fourth-order valence-electron chi connectivity index (χ4n) is 4.74.